The lowest BCUT2D eigenvalue weighted by Crippen LogP contribution is -1.88. The van der Waals surface area contributed by atoms with Gasteiger partial charge in [0.15, 0.2) is 0 Å². The molecule has 0 spiro atoms. The summed E-state index contributed by atoms with van der Waals surface area (Å²) in [5.74, 6) is 0.169. The second-order valence-electron chi connectivity index (χ2n) is 4.50. The number of aromatic hydroxyl groups is 2. The van der Waals surface area contributed by atoms with E-state index in [2.05, 4.69) is 6.58 Å². The van der Waals surface area contributed by atoms with Gasteiger partial charge in [0.2, 0.25) is 0 Å². The van der Waals surface area contributed by atoms with Gasteiger partial charge in [0.05, 0.1) is 5.56 Å². The molecule has 0 heterocycles. The summed E-state index contributed by atoms with van der Waals surface area (Å²) in [6.07, 6.45) is 0. The van der Waals surface area contributed by atoms with E-state index in [1.54, 1.807) is 12.1 Å². The molecule has 0 bridgehead atoms. The van der Waals surface area contributed by atoms with Crippen molar-refractivity contribution in [2.75, 3.05) is 0 Å². The molecule has 2 N–H and O–H groups in total. The standard InChI is InChI=1S/C16H16O2/c1-10(2)12-6-4-5-7-13(12)16-14(17)8-11(3)9-15(16)18/h4-9,17-18H,1H2,2-3H3. The van der Waals surface area contributed by atoms with Crippen molar-refractivity contribution in [3.63, 3.8) is 0 Å². The summed E-state index contributed by atoms with van der Waals surface area (Å²) in [6.45, 7) is 7.66. The maximum Gasteiger partial charge on any atom is 0.127 e. The van der Waals surface area contributed by atoms with Gasteiger partial charge in [0.25, 0.3) is 0 Å². The van der Waals surface area contributed by atoms with Crippen LogP contribution in [0.1, 0.15) is 18.1 Å². The third kappa shape index (κ3) is 2.09. The summed E-state index contributed by atoms with van der Waals surface area (Å²) in [4.78, 5) is 0. The Morgan fingerprint density at radius 3 is 2.17 bits per heavy atom. The fourth-order valence-electron chi connectivity index (χ4n) is 2.10. The zero-order valence-corrected chi connectivity index (χ0v) is 10.6. The van der Waals surface area contributed by atoms with E-state index < -0.39 is 0 Å². The van der Waals surface area contributed by atoms with E-state index in [0.29, 0.717) is 5.56 Å². The van der Waals surface area contributed by atoms with Crippen LogP contribution in [0.2, 0.25) is 0 Å². The van der Waals surface area contributed by atoms with Crippen LogP contribution in [0.3, 0.4) is 0 Å². The van der Waals surface area contributed by atoms with Crippen molar-refractivity contribution in [3.05, 3.63) is 54.1 Å². The molecule has 2 aromatic rings. The minimum Gasteiger partial charge on any atom is -0.507 e. The number of phenols is 2. The molecule has 0 saturated heterocycles. The van der Waals surface area contributed by atoms with Gasteiger partial charge in [-0.1, -0.05) is 36.4 Å². The lowest BCUT2D eigenvalue weighted by Gasteiger charge is -2.13. The van der Waals surface area contributed by atoms with Gasteiger partial charge >= 0.3 is 0 Å². The molecule has 2 heteroatoms. The number of phenolic OH excluding ortho intramolecular Hbond substituents is 2. The second-order valence-corrected chi connectivity index (χ2v) is 4.50. The van der Waals surface area contributed by atoms with Gasteiger partial charge in [-0.15, -0.1) is 0 Å². The normalized spacial score (nSPS) is 10.3. The van der Waals surface area contributed by atoms with Crippen molar-refractivity contribution in [3.8, 4) is 22.6 Å². The molecule has 2 aromatic carbocycles. The van der Waals surface area contributed by atoms with Crippen molar-refractivity contribution in [2.45, 2.75) is 13.8 Å². The summed E-state index contributed by atoms with van der Waals surface area (Å²) >= 11 is 0. The van der Waals surface area contributed by atoms with Gasteiger partial charge in [-0.05, 0) is 42.7 Å². The highest BCUT2D eigenvalue weighted by molar-refractivity contribution is 5.85. The monoisotopic (exact) mass is 240 g/mol. The van der Waals surface area contributed by atoms with E-state index in [1.807, 2.05) is 38.1 Å². The quantitative estimate of drug-likeness (QED) is 0.829. The van der Waals surface area contributed by atoms with Gasteiger partial charge in [-0.3, -0.25) is 0 Å². The molecule has 0 atom stereocenters. The molecular formula is C16H16O2. The molecule has 0 aromatic heterocycles. The highest BCUT2D eigenvalue weighted by atomic mass is 16.3. The molecule has 0 amide bonds. The number of hydrogen-bond acceptors (Lipinski definition) is 2. The van der Waals surface area contributed by atoms with E-state index >= 15 is 0 Å². The number of allylic oxidation sites excluding steroid dienone is 1. The first-order valence-electron chi connectivity index (χ1n) is 5.78. The van der Waals surface area contributed by atoms with E-state index in [-0.39, 0.29) is 11.5 Å². The van der Waals surface area contributed by atoms with Crippen molar-refractivity contribution >= 4 is 5.57 Å². The maximum atomic E-state index is 10.0. The minimum absolute atomic E-state index is 0.0844. The molecule has 92 valence electrons. The number of rotatable bonds is 2. The molecule has 0 fully saturated rings. The van der Waals surface area contributed by atoms with E-state index in [9.17, 15) is 10.2 Å². The van der Waals surface area contributed by atoms with Crippen LogP contribution in [0.4, 0.5) is 0 Å². The average molecular weight is 240 g/mol. The van der Waals surface area contributed by atoms with Crippen LogP contribution in [0.25, 0.3) is 16.7 Å². The summed E-state index contributed by atoms with van der Waals surface area (Å²) in [5.41, 5.74) is 3.89. The SMILES string of the molecule is C=C(C)c1ccccc1-c1c(O)cc(C)cc1O. The lowest BCUT2D eigenvalue weighted by atomic mass is 9.94. The third-order valence-corrected chi connectivity index (χ3v) is 2.90. The van der Waals surface area contributed by atoms with Crippen LogP contribution in [0.15, 0.2) is 43.0 Å². The third-order valence-electron chi connectivity index (χ3n) is 2.90. The number of hydrogen-bond donors (Lipinski definition) is 2. The number of benzene rings is 2. The highest BCUT2D eigenvalue weighted by Gasteiger charge is 2.14. The van der Waals surface area contributed by atoms with Gasteiger partial charge in [-0.25, -0.2) is 0 Å². The van der Waals surface area contributed by atoms with Crippen molar-refractivity contribution in [2.24, 2.45) is 0 Å². The summed E-state index contributed by atoms with van der Waals surface area (Å²) in [5, 5.41) is 20.1. The van der Waals surface area contributed by atoms with E-state index in [1.165, 1.54) is 0 Å². The molecule has 0 saturated carbocycles. The Bertz CT molecular complexity index is 589. The van der Waals surface area contributed by atoms with Gasteiger partial charge in [0.1, 0.15) is 11.5 Å². The van der Waals surface area contributed by atoms with Gasteiger partial charge in [-0.2, -0.15) is 0 Å². The summed E-state index contributed by atoms with van der Waals surface area (Å²) in [7, 11) is 0. The Balaban J connectivity index is 2.74. The van der Waals surface area contributed by atoms with Gasteiger partial charge in [0, 0.05) is 0 Å². The van der Waals surface area contributed by atoms with Crippen molar-refractivity contribution in [1.29, 1.82) is 0 Å². The van der Waals surface area contributed by atoms with Crippen LogP contribution in [0.5, 0.6) is 11.5 Å². The zero-order valence-electron chi connectivity index (χ0n) is 10.6. The molecule has 2 rings (SSSR count). The fourth-order valence-corrected chi connectivity index (χ4v) is 2.10. The first-order valence-corrected chi connectivity index (χ1v) is 5.78. The predicted molar refractivity (Wildman–Crippen MR) is 74.7 cm³/mol. The topological polar surface area (TPSA) is 40.5 Å². The fraction of sp³-hybridized carbons (Fsp3) is 0.125. The summed E-state index contributed by atoms with van der Waals surface area (Å²) < 4.78 is 0. The second kappa shape index (κ2) is 4.57. The van der Waals surface area contributed by atoms with Crippen LogP contribution in [-0.4, -0.2) is 10.2 Å². The van der Waals surface area contributed by atoms with Crippen LogP contribution in [0, 0.1) is 6.92 Å². The Morgan fingerprint density at radius 1 is 1.06 bits per heavy atom. The highest BCUT2D eigenvalue weighted by Crippen LogP contribution is 2.41. The minimum atomic E-state index is 0.0844. The van der Waals surface area contributed by atoms with Crippen molar-refractivity contribution < 1.29 is 10.2 Å². The number of aryl methyl sites for hydroxylation is 1. The zero-order chi connectivity index (χ0) is 13.3. The molecule has 2 nitrogen and oxygen atoms in total. The van der Waals surface area contributed by atoms with Crippen LogP contribution in [-0.2, 0) is 0 Å². The Hall–Kier alpha value is -2.22. The first kappa shape index (κ1) is 12.2. The molecule has 0 aliphatic heterocycles. The Morgan fingerprint density at radius 2 is 1.61 bits per heavy atom. The average Bonchev–Trinajstić information content (AvgIpc) is 2.28. The first-order chi connectivity index (χ1) is 8.50. The lowest BCUT2D eigenvalue weighted by molar-refractivity contribution is 0.453. The Kier molecular flexibility index (Phi) is 3.11. The molecular weight excluding hydrogens is 224 g/mol. The molecule has 0 unspecified atom stereocenters. The summed E-state index contributed by atoms with van der Waals surface area (Å²) in [6, 6.07) is 10.9. The molecule has 0 aliphatic rings. The Labute approximate surface area is 107 Å². The van der Waals surface area contributed by atoms with Gasteiger partial charge < -0.3 is 10.2 Å². The van der Waals surface area contributed by atoms with Crippen LogP contribution < -0.4 is 0 Å². The molecule has 0 radical (unpaired) electrons. The molecule has 0 aliphatic carbocycles. The maximum absolute atomic E-state index is 10.0. The predicted octanol–water partition coefficient (Wildman–Crippen LogP) is 4.11. The van der Waals surface area contributed by atoms with E-state index in [0.717, 1.165) is 22.3 Å². The smallest absolute Gasteiger partial charge is 0.127 e. The van der Waals surface area contributed by atoms with Crippen molar-refractivity contribution in [1.82, 2.24) is 0 Å². The van der Waals surface area contributed by atoms with Crippen LogP contribution >= 0.6 is 0 Å². The largest absolute Gasteiger partial charge is 0.507 e. The van der Waals surface area contributed by atoms with E-state index in [4.69, 9.17) is 0 Å². The molecule has 18 heavy (non-hydrogen) atoms.